The Kier molecular flexibility index (Phi) is 3.87. The minimum atomic E-state index is -0.883. The molecule has 0 amide bonds. The highest BCUT2D eigenvalue weighted by atomic mass is 16.7. The Morgan fingerprint density at radius 3 is 2.57 bits per heavy atom. The van der Waals surface area contributed by atoms with E-state index in [0.717, 1.165) is 36.9 Å². The van der Waals surface area contributed by atoms with Gasteiger partial charge in [0.1, 0.15) is 0 Å². The van der Waals surface area contributed by atoms with E-state index in [2.05, 4.69) is 5.32 Å². The van der Waals surface area contributed by atoms with Gasteiger partial charge in [0.05, 0.1) is 18.8 Å². The molecule has 1 saturated heterocycles. The van der Waals surface area contributed by atoms with Crippen LogP contribution in [0.3, 0.4) is 0 Å². The predicted molar refractivity (Wildman–Crippen MR) is 78.7 cm³/mol. The third-order valence-electron chi connectivity index (χ3n) is 4.48. The summed E-state index contributed by atoms with van der Waals surface area (Å²) in [5.74, 6) is -1.23. The number of ether oxygens (including phenoxy) is 2. The number of nitrogens with one attached hydrogen (secondary N) is 1. The summed E-state index contributed by atoms with van der Waals surface area (Å²) in [6, 6.07) is 5.70. The molecule has 5 nitrogen and oxygen atoms in total. The van der Waals surface area contributed by atoms with E-state index in [1.54, 1.807) is 12.1 Å². The molecule has 21 heavy (non-hydrogen) atoms. The number of rotatable bonds is 3. The van der Waals surface area contributed by atoms with Gasteiger partial charge in [0.2, 0.25) is 0 Å². The summed E-state index contributed by atoms with van der Waals surface area (Å²) in [6.07, 6.45) is 3.72. The largest absolute Gasteiger partial charge is 0.478 e. The van der Waals surface area contributed by atoms with E-state index in [-0.39, 0.29) is 5.79 Å². The Bertz CT molecular complexity index is 527. The molecule has 1 saturated carbocycles. The minimum Gasteiger partial charge on any atom is -0.478 e. The van der Waals surface area contributed by atoms with Crippen LogP contribution >= 0.6 is 0 Å². The molecule has 3 rings (SSSR count). The van der Waals surface area contributed by atoms with E-state index in [0.29, 0.717) is 24.8 Å². The Balaban J connectivity index is 1.65. The molecular weight excluding hydrogens is 270 g/mol. The van der Waals surface area contributed by atoms with Crippen molar-refractivity contribution in [3.8, 4) is 0 Å². The monoisotopic (exact) mass is 291 g/mol. The zero-order valence-electron chi connectivity index (χ0n) is 12.2. The molecule has 5 heteroatoms. The Labute approximate surface area is 124 Å². The van der Waals surface area contributed by atoms with E-state index in [4.69, 9.17) is 9.47 Å². The Morgan fingerprint density at radius 1 is 1.29 bits per heavy atom. The molecule has 1 spiro atoms. The first-order valence-electron chi connectivity index (χ1n) is 7.47. The molecule has 1 aromatic rings. The zero-order valence-corrected chi connectivity index (χ0v) is 12.2. The molecule has 2 fully saturated rings. The average molecular weight is 291 g/mol. The highest BCUT2D eigenvalue weighted by Gasteiger charge is 2.40. The van der Waals surface area contributed by atoms with Crippen LogP contribution in [0.5, 0.6) is 0 Å². The van der Waals surface area contributed by atoms with Gasteiger partial charge in [-0.2, -0.15) is 0 Å². The van der Waals surface area contributed by atoms with Crippen molar-refractivity contribution in [3.63, 3.8) is 0 Å². The summed E-state index contributed by atoms with van der Waals surface area (Å²) < 4.78 is 11.5. The molecule has 1 heterocycles. The summed E-state index contributed by atoms with van der Waals surface area (Å²) in [5, 5.41) is 12.7. The van der Waals surface area contributed by atoms with Crippen molar-refractivity contribution in [2.75, 3.05) is 18.5 Å². The number of carboxylic acid groups (broad SMARTS) is 1. The second-order valence-corrected chi connectivity index (χ2v) is 5.81. The summed E-state index contributed by atoms with van der Waals surface area (Å²) >= 11 is 0. The fraction of sp³-hybridized carbons (Fsp3) is 0.562. The lowest BCUT2D eigenvalue weighted by molar-refractivity contribution is -0.177. The van der Waals surface area contributed by atoms with Crippen LogP contribution in [0.4, 0.5) is 5.69 Å². The van der Waals surface area contributed by atoms with Gasteiger partial charge >= 0.3 is 5.97 Å². The molecule has 2 N–H and O–H groups in total. The topological polar surface area (TPSA) is 67.8 Å². The van der Waals surface area contributed by atoms with Crippen molar-refractivity contribution in [2.24, 2.45) is 0 Å². The zero-order chi connectivity index (χ0) is 14.9. The fourth-order valence-electron chi connectivity index (χ4n) is 3.23. The second-order valence-electron chi connectivity index (χ2n) is 5.81. The third-order valence-corrected chi connectivity index (χ3v) is 4.48. The van der Waals surface area contributed by atoms with Crippen LogP contribution in [0, 0.1) is 6.92 Å². The summed E-state index contributed by atoms with van der Waals surface area (Å²) in [5.41, 5.74) is 2.05. The van der Waals surface area contributed by atoms with Gasteiger partial charge in [-0.3, -0.25) is 0 Å². The predicted octanol–water partition coefficient (Wildman–Crippen LogP) is 2.79. The van der Waals surface area contributed by atoms with Crippen molar-refractivity contribution < 1.29 is 19.4 Å². The van der Waals surface area contributed by atoms with E-state index < -0.39 is 5.97 Å². The van der Waals surface area contributed by atoms with Gasteiger partial charge in [0.15, 0.2) is 5.79 Å². The fourth-order valence-corrected chi connectivity index (χ4v) is 3.23. The number of carboxylic acids is 1. The molecule has 0 bridgehead atoms. The van der Waals surface area contributed by atoms with Gasteiger partial charge in [-0.05, 0) is 37.5 Å². The lowest BCUT2D eigenvalue weighted by atomic mass is 9.89. The van der Waals surface area contributed by atoms with Crippen molar-refractivity contribution in [2.45, 2.75) is 44.4 Å². The van der Waals surface area contributed by atoms with Gasteiger partial charge in [0.25, 0.3) is 0 Å². The minimum absolute atomic E-state index is 0.339. The van der Waals surface area contributed by atoms with Crippen LogP contribution in [0.25, 0.3) is 0 Å². The maximum absolute atomic E-state index is 11.2. The van der Waals surface area contributed by atoms with Crippen LogP contribution in [0.1, 0.15) is 41.6 Å². The number of aromatic carboxylic acids is 1. The molecule has 0 atom stereocenters. The molecule has 1 aromatic carbocycles. The SMILES string of the molecule is Cc1c(NC2CCC3(CC2)OCCO3)cccc1C(=O)O. The van der Waals surface area contributed by atoms with Gasteiger partial charge in [-0.1, -0.05) is 6.07 Å². The van der Waals surface area contributed by atoms with Crippen LogP contribution < -0.4 is 5.32 Å². The first-order valence-corrected chi connectivity index (χ1v) is 7.47. The van der Waals surface area contributed by atoms with Crippen molar-refractivity contribution in [1.29, 1.82) is 0 Å². The van der Waals surface area contributed by atoms with Crippen molar-refractivity contribution >= 4 is 11.7 Å². The Morgan fingerprint density at radius 2 is 1.95 bits per heavy atom. The van der Waals surface area contributed by atoms with E-state index in [9.17, 15) is 9.90 Å². The number of carbonyl (C=O) groups is 1. The van der Waals surface area contributed by atoms with E-state index >= 15 is 0 Å². The van der Waals surface area contributed by atoms with Crippen LogP contribution in [0.15, 0.2) is 18.2 Å². The summed E-state index contributed by atoms with van der Waals surface area (Å²) in [6.45, 7) is 3.23. The first kappa shape index (κ1) is 14.4. The van der Waals surface area contributed by atoms with E-state index in [1.807, 2.05) is 13.0 Å². The molecular formula is C16H21NO4. The molecule has 114 valence electrons. The molecule has 2 aliphatic rings. The van der Waals surface area contributed by atoms with Gasteiger partial charge in [0, 0.05) is 24.6 Å². The molecule has 0 radical (unpaired) electrons. The van der Waals surface area contributed by atoms with Crippen LogP contribution in [-0.2, 0) is 9.47 Å². The van der Waals surface area contributed by atoms with Gasteiger partial charge in [-0.15, -0.1) is 0 Å². The van der Waals surface area contributed by atoms with Crippen molar-refractivity contribution in [3.05, 3.63) is 29.3 Å². The quantitative estimate of drug-likeness (QED) is 0.896. The highest BCUT2D eigenvalue weighted by Crippen LogP contribution is 2.37. The number of hydrogen-bond donors (Lipinski definition) is 2. The lowest BCUT2D eigenvalue weighted by Gasteiger charge is -2.36. The average Bonchev–Trinajstić information content (AvgIpc) is 2.92. The summed E-state index contributed by atoms with van der Waals surface area (Å²) in [4.78, 5) is 11.2. The summed E-state index contributed by atoms with van der Waals surface area (Å²) in [7, 11) is 0. The molecule has 0 aromatic heterocycles. The third kappa shape index (κ3) is 2.89. The maximum Gasteiger partial charge on any atom is 0.336 e. The molecule has 0 unspecified atom stereocenters. The molecule has 1 aliphatic carbocycles. The lowest BCUT2D eigenvalue weighted by Crippen LogP contribution is -2.39. The first-order chi connectivity index (χ1) is 10.1. The second kappa shape index (κ2) is 5.66. The van der Waals surface area contributed by atoms with E-state index in [1.165, 1.54) is 0 Å². The highest BCUT2D eigenvalue weighted by molar-refractivity contribution is 5.91. The van der Waals surface area contributed by atoms with Gasteiger partial charge in [-0.25, -0.2) is 4.79 Å². The number of benzene rings is 1. The van der Waals surface area contributed by atoms with Crippen molar-refractivity contribution in [1.82, 2.24) is 0 Å². The molecule has 1 aliphatic heterocycles. The smallest absolute Gasteiger partial charge is 0.336 e. The number of anilines is 1. The maximum atomic E-state index is 11.2. The standard InChI is InChI=1S/C16H21NO4/c1-11-13(15(18)19)3-2-4-14(11)17-12-5-7-16(8-6-12)20-9-10-21-16/h2-4,12,17H,5-10H2,1H3,(H,18,19). The van der Waals surface area contributed by atoms with Crippen LogP contribution in [-0.4, -0.2) is 36.1 Å². The van der Waals surface area contributed by atoms with Crippen LogP contribution in [0.2, 0.25) is 0 Å². The normalized spacial score (nSPS) is 21.6. The van der Waals surface area contributed by atoms with Gasteiger partial charge < -0.3 is 19.9 Å². The number of hydrogen-bond acceptors (Lipinski definition) is 4. The Hall–Kier alpha value is -1.59.